The summed E-state index contributed by atoms with van der Waals surface area (Å²) >= 11 is 0. The second-order valence-corrected chi connectivity index (χ2v) is 7.29. The lowest BCUT2D eigenvalue weighted by molar-refractivity contribution is 0.554. The Bertz CT molecular complexity index is 1230. The zero-order chi connectivity index (χ0) is 23.3. The van der Waals surface area contributed by atoms with Gasteiger partial charge in [0.25, 0.3) is 0 Å². The lowest BCUT2D eigenvalue weighted by atomic mass is 10.1. The molecule has 3 nitrogen and oxygen atoms in total. The van der Waals surface area contributed by atoms with Gasteiger partial charge in [-0.1, -0.05) is 44.0 Å². The molecule has 0 aliphatic rings. The van der Waals surface area contributed by atoms with Crippen LogP contribution in [0.25, 0.3) is 22.7 Å². The first-order valence-corrected chi connectivity index (χ1v) is 10.1. The molecule has 1 aromatic heterocycles. The van der Waals surface area contributed by atoms with Crippen LogP contribution in [-0.2, 0) is 6.54 Å². The SMILES string of the molecule is C=Cc1c(F)cc(C(=C/C)/N=C(\C(=C)C)N(C=C)Cc2ccc3ncccc3c2)cc1F. The number of fused-ring (bicyclic) bond motifs is 1. The Morgan fingerprint density at radius 1 is 1.12 bits per heavy atom. The Balaban J connectivity index is 1.99. The average Bonchev–Trinajstić information content (AvgIpc) is 2.78. The van der Waals surface area contributed by atoms with Crippen LogP contribution in [0, 0.1) is 11.6 Å². The summed E-state index contributed by atoms with van der Waals surface area (Å²) in [6.45, 7) is 15.5. The van der Waals surface area contributed by atoms with Crippen molar-refractivity contribution in [3.05, 3.63) is 115 Å². The predicted molar refractivity (Wildman–Crippen MR) is 130 cm³/mol. The van der Waals surface area contributed by atoms with Crippen LogP contribution in [0.1, 0.15) is 30.5 Å². The van der Waals surface area contributed by atoms with Crippen LogP contribution in [0.15, 0.2) is 91.2 Å². The molecule has 1 heterocycles. The minimum atomic E-state index is -0.688. The number of amidine groups is 1. The quantitative estimate of drug-likeness (QED) is 0.295. The van der Waals surface area contributed by atoms with Crippen molar-refractivity contribution in [3.8, 4) is 0 Å². The highest BCUT2D eigenvalue weighted by molar-refractivity contribution is 6.01. The Morgan fingerprint density at radius 3 is 2.44 bits per heavy atom. The first-order chi connectivity index (χ1) is 15.4. The monoisotopic (exact) mass is 429 g/mol. The molecule has 0 atom stereocenters. The highest BCUT2D eigenvalue weighted by atomic mass is 19.1. The summed E-state index contributed by atoms with van der Waals surface area (Å²) < 4.78 is 28.6. The van der Waals surface area contributed by atoms with E-state index < -0.39 is 11.6 Å². The van der Waals surface area contributed by atoms with E-state index in [1.165, 1.54) is 12.1 Å². The molecule has 3 aromatic rings. The van der Waals surface area contributed by atoms with Crippen molar-refractivity contribution in [3.63, 3.8) is 0 Å². The van der Waals surface area contributed by atoms with Crippen LogP contribution >= 0.6 is 0 Å². The average molecular weight is 430 g/mol. The molecule has 5 heteroatoms. The smallest absolute Gasteiger partial charge is 0.135 e. The van der Waals surface area contributed by atoms with E-state index in [9.17, 15) is 8.78 Å². The van der Waals surface area contributed by atoms with E-state index in [4.69, 9.17) is 4.99 Å². The van der Waals surface area contributed by atoms with Gasteiger partial charge in [-0.15, -0.1) is 0 Å². The largest absolute Gasteiger partial charge is 0.329 e. The zero-order valence-corrected chi connectivity index (χ0v) is 18.3. The molecule has 0 bridgehead atoms. The molecule has 0 saturated heterocycles. The number of rotatable bonds is 7. The maximum absolute atomic E-state index is 14.3. The molecular formula is C27H25F2N3. The van der Waals surface area contributed by atoms with Gasteiger partial charge >= 0.3 is 0 Å². The summed E-state index contributed by atoms with van der Waals surface area (Å²) in [6, 6.07) is 12.4. The molecule has 0 radical (unpaired) electrons. The molecule has 32 heavy (non-hydrogen) atoms. The highest BCUT2D eigenvalue weighted by Crippen LogP contribution is 2.25. The number of nitrogens with zero attached hydrogens (tertiary/aromatic N) is 3. The Kier molecular flexibility index (Phi) is 7.11. The van der Waals surface area contributed by atoms with Gasteiger partial charge in [0.05, 0.1) is 11.2 Å². The van der Waals surface area contributed by atoms with Gasteiger partial charge in [0.15, 0.2) is 0 Å². The van der Waals surface area contributed by atoms with Gasteiger partial charge in [-0.05, 0) is 61.5 Å². The Hall–Kier alpha value is -3.86. The fraction of sp³-hybridized carbons (Fsp3) is 0.111. The van der Waals surface area contributed by atoms with Gasteiger partial charge in [-0.2, -0.15) is 0 Å². The van der Waals surface area contributed by atoms with E-state index in [1.807, 2.05) is 36.1 Å². The predicted octanol–water partition coefficient (Wildman–Crippen LogP) is 7.14. The third kappa shape index (κ3) is 4.89. The number of hydrogen-bond acceptors (Lipinski definition) is 2. The third-order valence-corrected chi connectivity index (χ3v) is 4.97. The van der Waals surface area contributed by atoms with Crippen molar-refractivity contribution in [2.45, 2.75) is 20.4 Å². The van der Waals surface area contributed by atoms with Crippen LogP contribution in [0.5, 0.6) is 0 Å². The van der Waals surface area contributed by atoms with Gasteiger partial charge in [0, 0.05) is 29.3 Å². The topological polar surface area (TPSA) is 28.5 Å². The van der Waals surface area contributed by atoms with Crippen molar-refractivity contribution >= 4 is 28.5 Å². The molecule has 0 unspecified atom stereocenters. The fourth-order valence-electron chi connectivity index (χ4n) is 3.39. The number of hydrogen-bond donors (Lipinski definition) is 0. The minimum absolute atomic E-state index is 0.160. The first-order valence-electron chi connectivity index (χ1n) is 10.1. The Labute approximate surface area is 187 Å². The number of benzene rings is 2. The molecule has 2 aromatic carbocycles. The molecule has 0 aliphatic heterocycles. The molecule has 0 saturated carbocycles. The molecule has 0 spiro atoms. The second-order valence-electron chi connectivity index (χ2n) is 7.29. The van der Waals surface area contributed by atoms with Crippen LogP contribution in [0.4, 0.5) is 8.78 Å². The summed E-state index contributed by atoms with van der Waals surface area (Å²) in [7, 11) is 0. The first kappa shape index (κ1) is 22.8. The van der Waals surface area contributed by atoms with Crippen molar-refractivity contribution < 1.29 is 8.78 Å². The lowest BCUT2D eigenvalue weighted by Gasteiger charge is -2.23. The van der Waals surface area contributed by atoms with Crippen molar-refractivity contribution in [1.29, 1.82) is 0 Å². The van der Waals surface area contributed by atoms with Gasteiger partial charge in [0.1, 0.15) is 17.5 Å². The molecule has 162 valence electrons. The van der Waals surface area contributed by atoms with Crippen LogP contribution in [0.2, 0.25) is 0 Å². The maximum Gasteiger partial charge on any atom is 0.135 e. The molecule has 3 rings (SSSR count). The molecule has 0 aliphatic carbocycles. The second kappa shape index (κ2) is 9.96. The van der Waals surface area contributed by atoms with E-state index >= 15 is 0 Å². The van der Waals surface area contributed by atoms with Crippen LogP contribution in [0.3, 0.4) is 0 Å². The fourth-order valence-corrected chi connectivity index (χ4v) is 3.39. The molecular weight excluding hydrogens is 404 g/mol. The summed E-state index contributed by atoms with van der Waals surface area (Å²) in [6.07, 6.45) is 6.28. The maximum atomic E-state index is 14.3. The number of aliphatic imine (C=N–C) groups is 1. The van der Waals surface area contributed by atoms with E-state index in [-0.39, 0.29) is 5.56 Å². The van der Waals surface area contributed by atoms with E-state index in [1.54, 1.807) is 25.4 Å². The highest BCUT2D eigenvalue weighted by Gasteiger charge is 2.15. The van der Waals surface area contributed by atoms with Crippen LogP contribution in [-0.4, -0.2) is 15.7 Å². The Morgan fingerprint density at radius 2 is 1.84 bits per heavy atom. The molecule has 0 fully saturated rings. The molecule has 0 amide bonds. The minimum Gasteiger partial charge on any atom is -0.329 e. The van der Waals surface area contributed by atoms with Crippen molar-refractivity contribution in [2.75, 3.05) is 0 Å². The lowest BCUT2D eigenvalue weighted by Crippen LogP contribution is -2.26. The molecule has 0 N–H and O–H groups in total. The van der Waals surface area contributed by atoms with E-state index in [0.717, 1.165) is 22.5 Å². The number of aromatic nitrogens is 1. The normalized spacial score (nSPS) is 12.0. The van der Waals surface area contributed by atoms with Gasteiger partial charge in [-0.3, -0.25) is 4.98 Å². The number of pyridine rings is 1. The summed E-state index contributed by atoms with van der Waals surface area (Å²) in [5, 5.41) is 1.03. The standard InChI is InChI=1S/C27H25F2N3/c1-6-22-23(28)15-21(16-24(22)29)25(7-2)31-27(18(4)5)32(8-3)17-19-11-12-26-20(14-19)10-9-13-30-26/h6-16H,1,3-4,17H2,2,5H3/b25-7-,31-27+. The van der Waals surface area contributed by atoms with Crippen molar-refractivity contribution in [1.82, 2.24) is 9.88 Å². The van der Waals surface area contributed by atoms with Gasteiger partial charge < -0.3 is 4.90 Å². The van der Waals surface area contributed by atoms with E-state index in [2.05, 4.69) is 30.8 Å². The zero-order valence-electron chi connectivity index (χ0n) is 18.3. The van der Waals surface area contributed by atoms with Gasteiger partial charge in [0.2, 0.25) is 0 Å². The van der Waals surface area contributed by atoms with Gasteiger partial charge in [-0.25, -0.2) is 13.8 Å². The summed E-state index contributed by atoms with van der Waals surface area (Å²) in [5.41, 5.74) is 3.23. The number of halogens is 2. The van der Waals surface area contributed by atoms with Crippen LogP contribution < -0.4 is 0 Å². The van der Waals surface area contributed by atoms with Crippen molar-refractivity contribution in [2.24, 2.45) is 4.99 Å². The summed E-state index contributed by atoms with van der Waals surface area (Å²) in [5.74, 6) is -0.827. The number of allylic oxidation sites excluding steroid dienone is 1. The third-order valence-electron chi connectivity index (χ3n) is 4.97. The summed E-state index contributed by atoms with van der Waals surface area (Å²) in [4.78, 5) is 10.9. The van der Waals surface area contributed by atoms with E-state index in [0.29, 0.717) is 29.2 Å².